The van der Waals surface area contributed by atoms with E-state index in [2.05, 4.69) is 16.0 Å². The molecule has 0 radical (unpaired) electrons. The van der Waals surface area contributed by atoms with Gasteiger partial charge in [0.2, 0.25) is 23.6 Å². The van der Waals surface area contributed by atoms with Crippen molar-refractivity contribution in [3.05, 3.63) is 29.8 Å². The highest BCUT2D eigenvalue weighted by atomic mass is 16.5. The van der Waals surface area contributed by atoms with Crippen LogP contribution in [-0.2, 0) is 30.4 Å². The van der Waals surface area contributed by atoms with E-state index in [4.69, 9.17) is 21.9 Å². The van der Waals surface area contributed by atoms with Crippen LogP contribution in [0, 0.1) is 11.3 Å². The monoisotopic (exact) mass is 660 g/mol. The predicted molar refractivity (Wildman–Crippen MR) is 184 cm³/mol. The van der Waals surface area contributed by atoms with Crippen LogP contribution in [0.5, 0.6) is 5.75 Å². The SMILES string of the molecule is CCCCCC(=O)NC(Cc1ccc(OC(=O)C(N)CCCCN)cc1)C(=O)NC(C(=O)NC(C)(C)CC(C)(C)C(N)=O)C(C)CC. The molecule has 4 amide bonds. The largest absolute Gasteiger partial charge is 0.425 e. The fourth-order valence-corrected chi connectivity index (χ4v) is 5.36. The van der Waals surface area contributed by atoms with Crippen molar-refractivity contribution in [1.82, 2.24) is 16.0 Å². The molecular weight excluding hydrogens is 600 g/mol. The molecule has 0 bridgehead atoms. The highest BCUT2D eigenvalue weighted by molar-refractivity contribution is 5.92. The Morgan fingerprint density at radius 2 is 1.53 bits per heavy atom. The van der Waals surface area contributed by atoms with E-state index < -0.39 is 52.8 Å². The second-order valence-electron chi connectivity index (χ2n) is 13.9. The van der Waals surface area contributed by atoms with Gasteiger partial charge in [0.15, 0.2) is 0 Å². The summed E-state index contributed by atoms with van der Waals surface area (Å²) in [6.45, 7) is 13.4. The number of esters is 1. The first-order chi connectivity index (χ1) is 22.0. The minimum absolute atomic E-state index is 0.144. The third-order valence-electron chi connectivity index (χ3n) is 8.32. The summed E-state index contributed by atoms with van der Waals surface area (Å²) in [7, 11) is 0. The summed E-state index contributed by atoms with van der Waals surface area (Å²) in [5, 5.41) is 8.74. The Labute approximate surface area is 281 Å². The van der Waals surface area contributed by atoms with E-state index in [0.29, 0.717) is 43.5 Å². The van der Waals surface area contributed by atoms with Crippen molar-refractivity contribution in [2.24, 2.45) is 28.5 Å². The standard InChI is InChI=1S/C35H60N6O6/c1-8-10-11-15-28(42)39-27(21-24-16-18-25(19-17-24)47-32(45)26(37)14-12-13-20-36)30(43)40-29(23(3)9-2)31(44)41-35(6,7)22-34(4,5)33(38)46/h16-19,23,26-27,29H,8-15,20-22,36-37H2,1-7H3,(H2,38,46)(H,39,42)(H,40,43)(H,41,44). The van der Waals surface area contributed by atoms with Gasteiger partial charge in [0.1, 0.15) is 23.9 Å². The summed E-state index contributed by atoms with van der Waals surface area (Å²) in [6, 6.07) is 4.05. The number of carbonyl (C=O) groups excluding carboxylic acids is 5. The quantitative estimate of drug-likeness (QED) is 0.0617. The van der Waals surface area contributed by atoms with E-state index in [1.165, 1.54) is 0 Å². The minimum Gasteiger partial charge on any atom is -0.425 e. The number of primary amides is 1. The molecule has 0 aliphatic carbocycles. The normalized spacial score (nSPS) is 14.3. The number of unbranched alkanes of at least 4 members (excludes halogenated alkanes) is 3. The molecule has 0 heterocycles. The van der Waals surface area contributed by atoms with E-state index in [-0.39, 0.29) is 24.7 Å². The third kappa shape index (κ3) is 15.3. The number of nitrogens with two attached hydrogens (primary N) is 3. The maximum absolute atomic E-state index is 13.8. The summed E-state index contributed by atoms with van der Waals surface area (Å²) in [5.41, 5.74) is 16.1. The van der Waals surface area contributed by atoms with Crippen LogP contribution in [0.4, 0.5) is 0 Å². The molecule has 0 saturated carbocycles. The van der Waals surface area contributed by atoms with Crippen LogP contribution >= 0.6 is 0 Å². The van der Waals surface area contributed by atoms with Crippen molar-refractivity contribution >= 4 is 29.6 Å². The average molecular weight is 661 g/mol. The van der Waals surface area contributed by atoms with Crippen molar-refractivity contribution in [2.45, 2.75) is 136 Å². The molecule has 266 valence electrons. The first-order valence-electron chi connectivity index (χ1n) is 16.9. The van der Waals surface area contributed by atoms with Crippen molar-refractivity contribution in [3.63, 3.8) is 0 Å². The maximum atomic E-state index is 13.8. The van der Waals surface area contributed by atoms with Crippen LogP contribution in [0.1, 0.15) is 112 Å². The van der Waals surface area contributed by atoms with Gasteiger partial charge in [-0.05, 0) is 69.7 Å². The fraction of sp³-hybridized carbons (Fsp3) is 0.686. The molecule has 47 heavy (non-hydrogen) atoms. The van der Waals surface area contributed by atoms with Gasteiger partial charge in [0, 0.05) is 23.8 Å². The maximum Gasteiger partial charge on any atom is 0.328 e. The van der Waals surface area contributed by atoms with Crippen LogP contribution in [0.25, 0.3) is 0 Å². The van der Waals surface area contributed by atoms with Gasteiger partial charge in [-0.2, -0.15) is 0 Å². The second kappa shape index (κ2) is 20.0. The molecule has 0 spiro atoms. The molecule has 0 aliphatic heterocycles. The Bertz CT molecular complexity index is 1170. The Kier molecular flexibility index (Phi) is 17.7. The molecule has 4 atom stereocenters. The predicted octanol–water partition coefficient (Wildman–Crippen LogP) is 2.98. The number of hydrogen-bond donors (Lipinski definition) is 6. The lowest BCUT2D eigenvalue weighted by Gasteiger charge is -2.36. The topological polar surface area (TPSA) is 209 Å². The Balaban J connectivity index is 3.14. The third-order valence-corrected chi connectivity index (χ3v) is 8.32. The number of benzene rings is 1. The second-order valence-corrected chi connectivity index (χ2v) is 13.9. The highest BCUT2D eigenvalue weighted by Crippen LogP contribution is 2.28. The molecule has 1 rings (SSSR count). The molecule has 1 aromatic rings. The van der Waals surface area contributed by atoms with Gasteiger partial charge in [0.25, 0.3) is 0 Å². The first kappa shape index (κ1) is 41.5. The lowest BCUT2D eigenvalue weighted by atomic mass is 9.79. The van der Waals surface area contributed by atoms with Crippen molar-refractivity contribution in [1.29, 1.82) is 0 Å². The number of nitrogens with one attached hydrogen (secondary N) is 3. The molecule has 12 heteroatoms. The Hall–Kier alpha value is -3.51. The van der Waals surface area contributed by atoms with Crippen LogP contribution < -0.4 is 37.9 Å². The Morgan fingerprint density at radius 1 is 0.894 bits per heavy atom. The number of rotatable bonds is 22. The number of ether oxygens (including phenoxy) is 1. The summed E-state index contributed by atoms with van der Waals surface area (Å²) < 4.78 is 5.42. The van der Waals surface area contributed by atoms with Crippen molar-refractivity contribution < 1.29 is 28.7 Å². The molecular formula is C35H60N6O6. The smallest absolute Gasteiger partial charge is 0.328 e. The lowest BCUT2D eigenvalue weighted by molar-refractivity contribution is -0.136. The molecule has 9 N–H and O–H groups in total. The van der Waals surface area contributed by atoms with Crippen LogP contribution in [0.3, 0.4) is 0 Å². The van der Waals surface area contributed by atoms with Crippen LogP contribution in [0.15, 0.2) is 24.3 Å². The van der Waals surface area contributed by atoms with Crippen molar-refractivity contribution in [3.8, 4) is 5.75 Å². The van der Waals surface area contributed by atoms with Crippen LogP contribution in [-0.4, -0.2) is 59.8 Å². The summed E-state index contributed by atoms with van der Waals surface area (Å²) in [5.74, 6) is -2.07. The highest BCUT2D eigenvalue weighted by Gasteiger charge is 2.37. The van der Waals surface area contributed by atoms with Gasteiger partial charge in [-0.3, -0.25) is 19.2 Å². The molecule has 0 aliphatic rings. The van der Waals surface area contributed by atoms with E-state index in [1.54, 1.807) is 52.0 Å². The van der Waals surface area contributed by atoms with E-state index >= 15 is 0 Å². The average Bonchev–Trinajstić information content (AvgIpc) is 2.99. The number of amides is 4. The zero-order valence-corrected chi connectivity index (χ0v) is 29.6. The van der Waals surface area contributed by atoms with Gasteiger partial charge >= 0.3 is 5.97 Å². The lowest BCUT2D eigenvalue weighted by Crippen LogP contribution is -2.59. The molecule has 0 aromatic heterocycles. The number of carbonyl (C=O) groups is 5. The zero-order chi connectivity index (χ0) is 35.8. The molecule has 0 fully saturated rings. The summed E-state index contributed by atoms with van der Waals surface area (Å²) in [4.78, 5) is 64.5. The minimum atomic E-state index is -0.963. The fourth-order valence-electron chi connectivity index (χ4n) is 5.36. The zero-order valence-electron chi connectivity index (χ0n) is 29.6. The first-order valence-corrected chi connectivity index (χ1v) is 16.9. The van der Waals surface area contributed by atoms with Gasteiger partial charge < -0.3 is 37.9 Å². The molecule has 0 saturated heterocycles. The van der Waals surface area contributed by atoms with Gasteiger partial charge in [0.05, 0.1) is 0 Å². The number of hydrogen-bond acceptors (Lipinski definition) is 8. The van der Waals surface area contributed by atoms with Gasteiger partial charge in [-0.1, -0.05) is 72.4 Å². The van der Waals surface area contributed by atoms with E-state index in [1.807, 2.05) is 20.8 Å². The summed E-state index contributed by atoms with van der Waals surface area (Å²) in [6.07, 6.45) is 5.83. The van der Waals surface area contributed by atoms with Crippen molar-refractivity contribution in [2.75, 3.05) is 6.54 Å². The van der Waals surface area contributed by atoms with E-state index in [9.17, 15) is 24.0 Å². The van der Waals surface area contributed by atoms with E-state index in [0.717, 1.165) is 25.7 Å². The Morgan fingerprint density at radius 3 is 2.09 bits per heavy atom. The molecule has 4 unspecified atom stereocenters. The van der Waals surface area contributed by atoms with Crippen LogP contribution in [0.2, 0.25) is 0 Å². The molecule has 1 aromatic carbocycles. The van der Waals surface area contributed by atoms with Gasteiger partial charge in [-0.25, -0.2) is 4.79 Å². The molecule has 12 nitrogen and oxygen atoms in total. The van der Waals surface area contributed by atoms with Gasteiger partial charge in [-0.15, -0.1) is 0 Å². The summed E-state index contributed by atoms with van der Waals surface area (Å²) >= 11 is 0.